The van der Waals surface area contributed by atoms with E-state index in [1.165, 1.54) is 17.0 Å². The summed E-state index contributed by atoms with van der Waals surface area (Å²) in [6.07, 6.45) is -0.547. The Morgan fingerprint density at radius 2 is 1.95 bits per heavy atom. The van der Waals surface area contributed by atoms with E-state index in [2.05, 4.69) is 10.3 Å². The molecule has 0 aliphatic carbocycles. The first-order valence-corrected chi connectivity index (χ1v) is 6.90. The molecule has 102 valence electrons. The van der Waals surface area contributed by atoms with Crippen LogP contribution in [0, 0.1) is 6.92 Å². The van der Waals surface area contributed by atoms with Crippen LogP contribution in [0.5, 0.6) is 0 Å². The number of thiazole rings is 1. The lowest BCUT2D eigenvalue weighted by molar-refractivity contribution is 0.151. The van der Waals surface area contributed by atoms with Gasteiger partial charge in [-0.05, 0) is 19.4 Å². The molecular formula is C14H16F2N2S. The molecule has 0 aliphatic heterocycles. The number of benzene rings is 1. The van der Waals surface area contributed by atoms with Crippen molar-refractivity contribution in [2.45, 2.75) is 32.9 Å². The minimum Gasteiger partial charge on any atom is -0.304 e. The minimum absolute atomic E-state index is 0.0624. The van der Waals surface area contributed by atoms with Gasteiger partial charge in [0.05, 0.1) is 6.04 Å². The van der Waals surface area contributed by atoms with Crippen LogP contribution >= 0.6 is 11.3 Å². The van der Waals surface area contributed by atoms with Gasteiger partial charge in [-0.2, -0.15) is 0 Å². The molecule has 1 heterocycles. The summed E-state index contributed by atoms with van der Waals surface area (Å²) in [6, 6.07) is 6.57. The molecule has 0 amide bonds. The lowest BCUT2D eigenvalue weighted by Crippen LogP contribution is -2.17. The molecule has 1 aromatic heterocycles. The maximum absolute atomic E-state index is 12.4. The Morgan fingerprint density at radius 3 is 2.47 bits per heavy atom. The van der Waals surface area contributed by atoms with Crippen LogP contribution in [-0.4, -0.2) is 4.98 Å². The first-order valence-electron chi connectivity index (χ1n) is 6.09. The molecule has 19 heavy (non-hydrogen) atoms. The number of aromatic nitrogens is 1. The topological polar surface area (TPSA) is 24.9 Å². The summed E-state index contributed by atoms with van der Waals surface area (Å²) < 4.78 is 24.8. The zero-order valence-corrected chi connectivity index (χ0v) is 11.7. The summed E-state index contributed by atoms with van der Waals surface area (Å²) in [7, 11) is 0. The largest absolute Gasteiger partial charge is 0.304 e. The monoisotopic (exact) mass is 282 g/mol. The second kappa shape index (κ2) is 6.21. The van der Waals surface area contributed by atoms with Crippen LogP contribution in [0.1, 0.15) is 40.4 Å². The van der Waals surface area contributed by atoms with Crippen LogP contribution < -0.4 is 5.32 Å². The Hall–Kier alpha value is -1.33. The second-order valence-electron chi connectivity index (χ2n) is 4.45. The number of alkyl halides is 2. The number of hydrogen-bond acceptors (Lipinski definition) is 3. The van der Waals surface area contributed by atoms with Gasteiger partial charge in [0.25, 0.3) is 6.43 Å². The molecule has 0 aliphatic rings. The van der Waals surface area contributed by atoms with Gasteiger partial charge in [-0.1, -0.05) is 24.3 Å². The van der Waals surface area contributed by atoms with E-state index in [0.717, 1.165) is 10.6 Å². The van der Waals surface area contributed by atoms with Crippen molar-refractivity contribution in [2.75, 3.05) is 0 Å². The van der Waals surface area contributed by atoms with E-state index < -0.39 is 6.43 Å². The molecule has 1 atom stereocenters. The van der Waals surface area contributed by atoms with Crippen LogP contribution in [0.15, 0.2) is 30.5 Å². The number of aryl methyl sites for hydroxylation is 1. The first kappa shape index (κ1) is 14.1. The molecule has 5 heteroatoms. The molecule has 0 spiro atoms. The summed E-state index contributed by atoms with van der Waals surface area (Å²) >= 11 is 1.66. The van der Waals surface area contributed by atoms with Gasteiger partial charge in [0.15, 0.2) is 0 Å². The van der Waals surface area contributed by atoms with Crippen LogP contribution in [0.2, 0.25) is 0 Å². The van der Waals surface area contributed by atoms with Gasteiger partial charge in [0.2, 0.25) is 0 Å². The third kappa shape index (κ3) is 3.81. The van der Waals surface area contributed by atoms with Crippen molar-refractivity contribution < 1.29 is 8.78 Å². The van der Waals surface area contributed by atoms with Gasteiger partial charge in [0.1, 0.15) is 5.01 Å². The average molecular weight is 282 g/mol. The van der Waals surface area contributed by atoms with E-state index in [9.17, 15) is 8.78 Å². The summed E-state index contributed by atoms with van der Waals surface area (Å²) in [6.45, 7) is 4.71. The van der Waals surface area contributed by atoms with Crippen molar-refractivity contribution in [3.63, 3.8) is 0 Å². The van der Waals surface area contributed by atoms with Crippen LogP contribution in [0.25, 0.3) is 0 Å². The highest BCUT2D eigenvalue weighted by molar-refractivity contribution is 7.11. The van der Waals surface area contributed by atoms with E-state index >= 15 is 0 Å². The smallest absolute Gasteiger partial charge is 0.263 e. The van der Waals surface area contributed by atoms with Gasteiger partial charge >= 0.3 is 0 Å². The van der Waals surface area contributed by atoms with Crippen molar-refractivity contribution in [3.8, 4) is 0 Å². The number of nitrogens with zero attached hydrogens (tertiary/aromatic N) is 1. The fraction of sp³-hybridized carbons (Fsp3) is 0.357. The molecule has 2 rings (SSSR count). The molecule has 1 N–H and O–H groups in total. The minimum atomic E-state index is -2.40. The third-order valence-corrected chi connectivity index (χ3v) is 3.95. The first-order chi connectivity index (χ1) is 9.06. The predicted octanol–water partition coefficient (Wildman–Crippen LogP) is 4.24. The maximum Gasteiger partial charge on any atom is 0.263 e. The Bertz CT molecular complexity index is 522. The summed E-state index contributed by atoms with van der Waals surface area (Å²) in [5, 5.41) is 4.38. The molecule has 1 aromatic carbocycles. The van der Waals surface area contributed by atoms with Gasteiger partial charge in [0, 0.05) is 23.2 Å². The highest BCUT2D eigenvalue weighted by Gasteiger charge is 2.09. The van der Waals surface area contributed by atoms with Crippen molar-refractivity contribution in [3.05, 3.63) is 51.5 Å². The molecule has 0 bridgehead atoms. The van der Waals surface area contributed by atoms with Gasteiger partial charge in [-0.25, -0.2) is 13.8 Å². The molecule has 2 aromatic rings. The number of hydrogen-bond donors (Lipinski definition) is 1. The van der Waals surface area contributed by atoms with E-state index in [1.54, 1.807) is 23.5 Å². The summed E-state index contributed by atoms with van der Waals surface area (Å²) in [4.78, 5) is 5.51. The third-order valence-electron chi connectivity index (χ3n) is 2.85. The standard InChI is InChI=1S/C14H16F2N2S/c1-9-7-18-14(19-9)10(2)17-8-11-3-5-12(6-4-11)13(15)16/h3-7,10,13,17H,8H2,1-2H3. The number of rotatable bonds is 5. The molecule has 2 nitrogen and oxygen atoms in total. The van der Waals surface area contributed by atoms with E-state index in [-0.39, 0.29) is 11.6 Å². The quantitative estimate of drug-likeness (QED) is 0.887. The van der Waals surface area contributed by atoms with Crippen molar-refractivity contribution in [2.24, 2.45) is 0 Å². The fourth-order valence-corrected chi connectivity index (χ4v) is 2.51. The van der Waals surface area contributed by atoms with Crippen molar-refractivity contribution in [1.29, 1.82) is 0 Å². The zero-order valence-electron chi connectivity index (χ0n) is 10.9. The summed E-state index contributed by atoms with van der Waals surface area (Å²) in [5.74, 6) is 0. The van der Waals surface area contributed by atoms with Crippen molar-refractivity contribution >= 4 is 11.3 Å². The van der Waals surface area contributed by atoms with E-state index in [1.807, 2.05) is 20.0 Å². The van der Waals surface area contributed by atoms with E-state index in [0.29, 0.717) is 6.54 Å². The fourth-order valence-electron chi connectivity index (χ4n) is 1.71. The normalized spacial score (nSPS) is 12.9. The van der Waals surface area contributed by atoms with Crippen LogP contribution in [0.3, 0.4) is 0 Å². The molecular weight excluding hydrogens is 266 g/mol. The van der Waals surface area contributed by atoms with Crippen LogP contribution in [0.4, 0.5) is 8.78 Å². The molecule has 0 fully saturated rings. The SMILES string of the molecule is Cc1cnc(C(C)NCc2ccc(C(F)F)cc2)s1. The predicted molar refractivity (Wildman–Crippen MR) is 73.5 cm³/mol. The van der Waals surface area contributed by atoms with Crippen LogP contribution in [-0.2, 0) is 6.54 Å². The van der Waals surface area contributed by atoms with Gasteiger partial charge < -0.3 is 5.32 Å². The van der Waals surface area contributed by atoms with Crippen molar-refractivity contribution in [1.82, 2.24) is 10.3 Å². The maximum atomic E-state index is 12.4. The van der Waals surface area contributed by atoms with Gasteiger partial charge in [-0.15, -0.1) is 11.3 Å². The summed E-state index contributed by atoms with van der Waals surface area (Å²) in [5.41, 5.74) is 1.05. The zero-order chi connectivity index (χ0) is 13.8. The molecule has 1 unspecified atom stereocenters. The lowest BCUT2D eigenvalue weighted by Gasteiger charge is -2.11. The Morgan fingerprint density at radius 1 is 1.26 bits per heavy atom. The molecule has 0 radical (unpaired) electrons. The van der Waals surface area contributed by atoms with Gasteiger partial charge in [-0.3, -0.25) is 0 Å². The average Bonchev–Trinajstić information content (AvgIpc) is 2.83. The molecule has 0 saturated heterocycles. The highest BCUT2D eigenvalue weighted by atomic mass is 32.1. The lowest BCUT2D eigenvalue weighted by atomic mass is 10.1. The Balaban J connectivity index is 1.91. The molecule has 0 saturated carbocycles. The number of halogens is 2. The number of nitrogens with one attached hydrogen (secondary N) is 1. The second-order valence-corrected chi connectivity index (χ2v) is 5.72. The Labute approximate surface area is 115 Å². The highest BCUT2D eigenvalue weighted by Crippen LogP contribution is 2.21. The van der Waals surface area contributed by atoms with E-state index in [4.69, 9.17) is 0 Å². The Kier molecular flexibility index (Phi) is 4.61.